The molecule has 2 aromatic heterocycles. The maximum absolute atomic E-state index is 14.5. The number of halogens is 1. The zero-order valence-corrected chi connectivity index (χ0v) is 15.0. The van der Waals surface area contributed by atoms with Gasteiger partial charge in [-0.05, 0) is 49.3 Å². The summed E-state index contributed by atoms with van der Waals surface area (Å²) in [6.07, 6.45) is 11.1. The predicted molar refractivity (Wildman–Crippen MR) is 98.8 cm³/mol. The highest BCUT2D eigenvalue weighted by molar-refractivity contribution is 5.83. The zero-order chi connectivity index (χ0) is 18.4. The number of carbonyl (C=O) groups is 1. The van der Waals surface area contributed by atoms with Crippen molar-refractivity contribution >= 4 is 5.78 Å². The number of rotatable bonds is 4. The maximum Gasteiger partial charge on any atom is 0.138 e. The van der Waals surface area contributed by atoms with Crippen molar-refractivity contribution in [2.24, 2.45) is 5.92 Å². The van der Waals surface area contributed by atoms with E-state index in [1.807, 2.05) is 23.0 Å². The van der Waals surface area contributed by atoms with Gasteiger partial charge >= 0.3 is 0 Å². The van der Waals surface area contributed by atoms with E-state index >= 15 is 0 Å². The van der Waals surface area contributed by atoms with E-state index in [-0.39, 0.29) is 23.6 Å². The van der Waals surface area contributed by atoms with Crippen LogP contribution >= 0.6 is 0 Å². The second-order valence-corrected chi connectivity index (χ2v) is 7.68. The number of ketones is 1. The molecule has 0 N–H and O–H groups in total. The van der Waals surface area contributed by atoms with Gasteiger partial charge in [0.2, 0.25) is 0 Å². The first kappa shape index (κ1) is 16.5. The Kier molecular flexibility index (Phi) is 3.96. The number of Topliss-reactive ketones (excluding diaryl/α,β-unsaturated/α-hetero) is 1. The number of furan rings is 1. The molecule has 0 radical (unpaired) electrons. The van der Waals surface area contributed by atoms with Crippen LogP contribution in [0.25, 0.3) is 11.3 Å². The van der Waals surface area contributed by atoms with E-state index in [4.69, 9.17) is 4.42 Å². The lowest BCUT2D eigenvalue weighted by Gasteiger charge is -2.28. The van der Waals surface area contributed by atoms with Crippen molar-refractivity contribution in [2.75, 3.05) is 0 Å². The summed E-state index contributed by atoms with van der Waals surface area (Å²) in [5, 5.41) is 0. The third kappa shape index (κ3) is 2.73. The third-order valence-electron chi connectivity index (χ3n) is 6.26. The van der Waals surface area contributed by atoms with E-state index in [1.165, 1.54) is 11.6 Å². The van der Waals surface area contributed by atoms with Gasteiger partial charge in [-0.25, -0.2) is 9.37 Å². The zero-order valence-electron chi connectivity index (χ0n) is 15.0. The van der Waals surface area contributed by atoms with Crippen molar-refractivity contribution in [1.82, 2.24) is 9.55 Å². The Labute approximate surface area is 157 Å². The smallest absolute Gasteiger partial charge is 0.138 e. The van der Waals surface area contributed by atoms with Crippen LogP contribution in [0.1, 0.15) is 55.2 Å². The number of aromatic nitrogens is 2. The van der Waals surface area contributed by atoms with Crippen LogP contribution in [0, 0.1) is 11.7 Å². The average Bonchev–Trinajstić information content (AvgIpc) is 3.41. The number of carbonyl (C=O) groups excluding carboxylic acids is 1. The van der Waals surface area contributed by atoms with Gasteiger partial charge < -0.3 is 8.98 Å². The minimum Gasteiger partial charge on any atom is -0.472 e. The number of nitrogens with zero attached hydrogens (tertiary/aromatic N) is 2. The van der Waals surface area contributed by atoms with Crippen molar-refractivity contribution in [3.8, 4) is 11.3 Å². The lowest BCUT2D eigenvalue weighted by atomic mass is 9.76. The molecule has 3 aromatic rings. The Morgan fingerprint density at radius 3 is 2.85 bits per heavy atom. The molecule has 1 aliphatic heterocycles. The second kappa shape index (κ2) is 6.48. The molecule has 5 heteroatoms. The van der Waals surface area contributed by atoms with Gasteiger partial charge in [-0.15, -0.1) is 0 Å². The minimum absolute atomic E-state index is 0.0657. The van der Waals surface area contributed by atoms with E-state index in [0.29, 0.717) is 17.9 Å². The third-order valence-corrected chi connectivity index (χ3v) is 6.26. The van der Waals surface area contributed by atoms with Crippen molar-refractivity contribution in [3.63, 3.8) is 0 Å². The quantitative estimate of drug-likeness (QED) is 0.646. The van der Waals surface area contributed by atoms with Crippen LogP contribution in [0.5, 0.6) is 0 Å². The molecule has 1 atom stereocenters. The van der Waals surface area contributed by atoms with Crippen LogP contribution in [0.4, 0.5) is 4.39 Å². The molecule has 3 heterocycles. The summed E-state index contributed by atoms with van der Waals surface area (Å²) in [6, 6.07) is 6.84. The minimum atomic E-state index is -0.280. The number of fused-ring (bicyclic) bond motifs is 3. The van der Waals surface area contributed by atoms with Gasteiger partial charge in [-0.3, -0.25) is 4.79 Å². The van der Waals surface area contributed by atoms with E-state index in [9.17, 15) is 9.18 Å². The van der Waals surface area contributed by atoms with E-state index in [2.05, 4.69) is 4.98 Å². The first-order valence-electron chi connectivity index (χ1n) is 9.58. The number of hydrogen-bond donors (Lipinski definition) is 0. The highest BCUT2D eigenvalue weighted by Gasteiger charge is 2.35. The summed E-state index contributed by atoms with van der Waals surface area (Å²) in [7, 11) is 0. The standard InChI is InChI=1S/C22H21FN2O2/c23-18-3-1-2-17-20-11-24-13-25(20)19(22(17)18)10-21(26)15-6-4-14(5-7-15)16-8-9-27-12-16/h1-3,8-9,11-15,19H,4-7,10H2. The highest BCUT2D eigenvalue weighted by atomic mass is 19.1. The number of imidazole rings is 1. The molecule has 0 saturated heterocycles. The molecule has 5 rings (SSSR count). The molecule has 4 nitrogen and oxygen atoms in total. The Balaban J connectivity index is 1.32. The molecule has 1 saturated carbocycles. The van der Waals surface area contributed by atoms with Gasteiger partial charge in [0, 0.05) is 23.5 Å². The fraction of sp³-hybridized carbons (Fsp3) is 0.364. The van der Waals surface area contributed by atoms with Crippen LogP contribution in [-0.2, 0) is 4.79 Å². The predicted octanol–water partition coefficient (Wildman–Crippen LogP) is 5.12. The van der Waals surface area contributed by atoms with Crippen molar-refractivity contribution < 1.29 is 13.6 Å². The Morgan fingerprint density at radius 2 is 2.07 bits per heavy atom. The molecule has 2 aliphatic rings. The van der Waals surface area contributed by atoms with Gasteiger partial charge in [0.25, 0.3) is 0 Å². The molecule has 138 valence electrons. The Morgan fingerprint density at radius 1 is 1.22 bits per heavy atom. The fourth-order valence-corrected chi connectivity index (χ4v) is 4.81. The normalized spacial score (nSPS) is 23.8. The summed E-state index contributed by atoms with van der Waals surface area (Å²) in [5.74, 6) is 0.549. The summed E-state index contributed by atoms with van der Waals surface area (Å²) in [5.41, 5.74) is 3.62. The Hall–Kier alpha value is -2.69. The molecule has 1 unspecified atom stereocenters. The monoisotopic (exact) mass is 364 g/mol. The summed E-state index contributed by atoms with van der Waals surface area (Å²) >= 11 is 0. The molecule has 1 aromatic carbocycles. The van der Waals surface area contributed by atoms with Gasteiger partial charge in [-0.1, -0.05) is 12.1 Å². The van der Waals surface area contributed by atoms with Crippen LogP contribution in [-0.4, -0.2) is 15.3 Å². The number of hydrogen-bond acceptors (Lipinski definition) is 3. The van der Waals surface area contributed by atoms with Crippen LogP contribution in [0.3, 0.4) is 0 Å². The second-order valence-electron chi connectivity index (χ2n) is 7.68. The van der Waals surface area contributed by atoms with Crippen molar-refractivity contribution in [2.45, 2.75) is 44.1 Å². The topological polar surface area (TPSA) is 48.0 Å². The molecule has 27 heavy (non-hydrogen) atoms. The lowest BCUT2D eigenvalue weighted by Crippen LogP contribution is -2.24. The fourth-order valence-electron chi connectivity index (χ4n) is 4.81. The SMILES string of the molecule is O=C(CC1c2c(F)cccc2-c2cncn21)C1CCC(c2ccoc2)CC1. The van der Waals surface area contributed by atoms with Crippen LogP contribution in [0.15, 0.2) is 53.7 Å². The lowest BCUT2D eigenvalue weighted by molar-refractivity contribution is -0.124. The van der Waals surface area contributed by atoms with Crippen molar-refractivity contribution in [1.29, 1.82) is 0 Å². The largest absolute Gasteiger partial charge is 0.472 e. The highest BCUT2D eigenvalue weighted by Crippen LogP contribution is 2.44. The average molecular weight is 364 g/mol. The molecule has 1 fully saturated rings. The molecular formula is C22H21FN2O2. The van der Waals surface area contributed by atoms with E-state index in [0.717, 1.165) is 36.9 Å². The molecular weight excluding hydrogens is 343 g/mol. The van der Waals surface area contributed by atoms with Gasteiger partial charge in [-0.2, -0.15) is 0 Å². The molecule has 1 aliphatic carbocycles. The van der Waals surface area contributed by atoms with Crippen LogP contribution in [0.2, 0.25) is 0 Å². The molecule has 0 bridgehead atoms. The van der Waals surface area contributed by atoms with E-state index < -0.39 is 0 Å². The Bertz CT molecular complexity index is 968. The van der Waals surface area contributed by atoms with Gasteiger partial charge in [0.1, 0.15) is 11.6 Å². The first-order chi connectivity index (χ1) is 13.2. The summed E-state index contributed by atoms with van der Waals surface area (Å²) in [6.45, 7) is 0. The van der Waals surface area contributed by atoms with Crippen LogP contribution < -0.4 is 0 Å². The summed E-state index contributed by atoms with van der Waals surface area (Å²) in [4.78, 5) is 17.2. The number of benzene rings is 1. The van der Waals surface area contributed by atoms with E-state index in [1.54, 1.807) is 24.9 Å². The first-order valence-corrected chi connectivity index (χ1v) is 9.58. The van der Waals surface area contributed by atoms with Gasteiger partial charge in [0.05, 0.1) is 36.8 Å². The summed E-state index contributed by atoms with van der Waals surface area (Å²) < 4.78 is 21.7. The molecule has 0 amide bonds. The van der Waals surface area contributed by atoms with Gasteiger partial charge in [0.15, 0.2) is 0 Å². The van der Waals surface area contributed by atoms with Crippen molar-refractivity contribution in [3.05, 3.63) is 66.3 Å². The molecule has 0 spiro atoms. The maximum atomic E-state index is 14.5.